The highest BCUT2D eigenvalue weighted by atomic mass is 16.1. The Hall–Kier alpha value is -2.30. The van der Waals surface area contributed by atoms with E-state index in [4.69, 9.17) is 5.73 Å². The van der Waals surface area contributed by atoms with Crippen molar-refractivity contribution in [2.75, 3.05) is 24.1 Å². The van der Waals surface area contributed by atoms with Crippen LogP contribution in [0.15, 0.2) is 30.5 Å². The number of benzene rings is 1. The average Bonchev–Trinajstić information content (AvgIpc) is 2.48. The van der Waals surface area contributed by atoms with E-state index < -0.39 is 0 Å². The number of nitrogen functional groups attached to an aromatic ring is 1. The number of anilines is 2. The summed E-state index contributed by atoms with van der Waals surface area (Å²) in [6.45, 7) is 3.35. The molecule has 0 spiro atoms. The van der Waals surface area contributed by atoms with Crippen molar-refractivity contribution in [3.05, 3.63) is 30.5 Å². The molecule has 0 bridgehead atoms. The van der Waals surface area contributed by atoms with Gasteiger partial charge < -0.3 is 16.4 Å². The van der Waals surface area contributed by atoms with Gasteiger partial charge in [0.25, 0.3) is 0 Å². The van der Waals surface area contributed by atoms with Crippen LogP contribution in [-0.4, -0.2) is 24.0 Å². The van der Waals surface area contributed by atoms with E-state index >= 15 is 0 Å². The molecule has 0 unspecified atom stereocenters. The van der Waals surface area contributed by atoms with Crippen molar-refractivity contribution in [1.29, 1.82) is 0 Å². The number of nitrogens with two attached hydrogens (primary N) is 1. The summed E-state index contributed by atoms with van der Waals surface area (Å²) in [6.07, 6.45) is 3.13. The molecule has 106 valence electrons. The lowest BCUT2D eigenvalue weighted by molar-refractivity contribution is -0.120. The second-order valence-corrected chi connectivity index (χ2v) is 4.63. The molecular weight excluding hydrogens is 252 g/mol. The van der Waals surface area contributed by atoms with E-state index in [0.29, 0.717) is 18.7 Å². The summed E-state index contributed by atoms with van der Waals surface area (Å²) in [5.74, 6) is 0.0669. The number of rotatable bonds is 6. The first-order valence-electron chi connectivity index (χ1n) is 6.86. The molecule has 0 saturated carbocycles. The van der Waals surface area contributed by atoms with Crippen LogP contribution in [0.4, 0.5) is 11.4 Å². The number of carbonyl (C=O) groups excluding carboxylic acids is 1. The zero-order valence-electron chi connectivity index (χ0n) is 11.6. The molecule has 0 aliphatic carbocycles. The van der Waals surface area contributed by atoms with Gasteiger partial charge in [0.1, 0.15) is 0 Å². The summed E-state index contributed by atoms with van der Waals surface area (Å²) in [7, 11) is 0. The maximum Gasteiger partial charge on any atom is 0.221 e. The highest BCUT2D eigenvalue weighted by Crippen LogP contribution is 2.26. The van der Waals surface area contributed by atoms with Crippen molar-refractivity contribution in [3.8, 4) is 0 Å². The Morgan fingerprint density at radius 3 is 2.95 bits per heavy atom. The summed E-state index contributed by atoms with van der Waals surface area (Å²) in [5.41, 5.74) is 8.30. The van der Waals surface area contributed by atoms with Crippen LogP contribution in [0.5, 0.6) is 0 Å². The van der Waals surface area contributed by atoms with Gasteiger partial charge in [-0.25, -0.2) is 0 Å². The Bertz CT molecular complexity index is 597. The quantitative estimate of drug-likeness (QED) is 0.704. The first-order valence-corrected chi connectivity index (χ1v) is 6.86. The van der Waals surface area contributed by atoms with Crippen LogP contribution in [0, 0.1) is 0 Å². The van der Waals surface area contributed by atoms with Crippen molar-refractivity contribution in [2.24, 2.45) is 0 Å². The lowest BCUT2D eigenvalue weighted by atomic mass is 10.1. The molecule has 5 nitrogen and oxygen atoms in total. The van der Waals surface area contributed by atoms with E-state index in [2.05, 4.69) is 15.6 Å². The molecule has 1 aromatic heterocycles. The smallest absolute Gasteiger partial charge is 0.221 e. The van der Waals surface area contributed by atoms with Gasteiger partial charge in [-0.05, 0) is 30.7 Å². The molecule has 5 heteroatoms. The monoisotopic (exact) mass is 272 g/mol. The van der Waals surface area contributed by atoms with Crippen LogP contribution in [0.25, 0.3) is 10.9 Å². The molecule has 0 atom stereocenters. The van der Waals surface area contributed by atoms with E-state index in [1.54, 1.807) is 6.20 Å². The minimum Gasteiger partial charge on any atom is -0.397 e. The third-order valence-corrected chi connectivity index (χ3v) is 3.04. The van der Waals surface area contributed by atoms with E-state index in [-0.39, 0.29) is 5.91 Å². The molecule has 1 aromatic carbocycles. The Labute approximate surface area is 118 Å². The summed E-state index contributed by atoms with van der Waals surface area (Å²) in [6, 6.07) is 7.59. The first kappa shape index (κ1) is 14.1. The predicted molar refractivity (Wildman–Crippen MR) is 82.6 cm³/mol. The van der Waals surface area contributed by atoms with Gasteiger partial charge in [0.05, 0.1) is 11.2 Å². The van der Waals surface area contributed by atoms with Crippen molar-refractivity contribution < 1.29 is 4.79 Å². The fourth-order valence-corrected chi connectivity index (χ4v) is 2.01. The van der Waals surface area contributed by atoms with E-state index in [1.807, 2.05) is 31.2 Å². The number of hydrogen-bond donors (Lipinski definition) is 3. The van der Waals surface area contributed by atoms with Crippen LogP contribution in [-0.2, 0) is 4.79 Å². The summed E-state index contributed by atoms with van der Waals surface area (Å²) < 4.78 is 0. The largest absolute Gasteiger partial charge is 0.397 e. The van der Waals surface area contributed by atoms with E-state index in [0.717, 1.165) is 29.6 Å². The predicted octanol–water partition coefficient (Wildman–Crippen LogP) is 2.15. The number of aromatic nitrogens is 1. The molecular formula is C15H20N4O. The second kappa shape index (κ2) is 6.75. The highest BCUT2D eigenvalue weighted by Gasteiger charge is 2.05. The minimum absolute atomic E-state index is 0.0669. The van der Waals surface area contributed by atoms with E-state index in [9.17, 15) is 4.79 Å². The van der Waals surface area contributed by atoms with Crippen LogP contribution >= 0.6 is 0 Å². The van der Waals surface area contributed by atoms with Gasteiger partial charge in [0, 0.05) is 36.8 Å². The van der Waals surface area contributed by atoms with Crippen molar-refractivity contribution >= 4 is 28.2 Å². The van der Waals surface area contributed by atoms with E-state index in [1.165, 1.54) is 0 Å². The molecule has 2 rings (SSSR count). The fraction of sp³-hybridized carbons (Fsp3) is 0.333. The zero-order chi connectivity index (χ0) is 14.4. The Kier molecular flexibility index (Phi) is 4.76. The lowest BCUT2D eigenvalue weighted by Crippen LogP contribution is -2.25. The summed E-state index contributed by atoms with van der Waals surface area (Å²) in [4.78, 5) is 15.8. The zero-order valence-corrected chi connectivity index (χ0v) is 11.6. The standard InChI is InChI=1S/C15H20N4O/c1-2-8-18-14(20)7-10-17-13-6-5-12(16)15-11(13)4-3-9-19-15/h3-6,9,17H,2,7-8,10,16H2,1H3,(H,18,20). The number of amides is 1. The number of nitrogens with zero attached hydrogens (tertiary/aromatic N) is 1. The maximum absolute atomic E-state index is 11.5. The summed E-state index contributed by atoms with van der Waals surface area (Å²) >= 11 is 0. The third-order valence-electron chi connectivity index (χ3n) is 3.04. The molecule has 0 aliphatic rings. The second-order valence-electron chi connectivity index (χ2n) is 4.63. The molecule has 20 heavy (non-hydrogen) atoms. The fourth-order valence-electron chi connectivity index (χ4n) is 2.01. The van der Waals surface area contributed by atoms with Crippen molar-refractivity contribution in [3.63, 3.8) is 0 Å². The van der Waals surface area contributed by atoms with Crippen LogP contribution < -0.4 is 16.4 Å². The summed E-state index contributed by atoms with van der Waals surface area (Å²) in [5, 5.41) is 7.09. The molecule has 0 fully saturated rings. The van der Waals surface area contributed by atoms with Crippen LogP contribution in [0.3, 0.4) is 0 Å². The van der Waals surface area contributed by atoms with Gasteiger partial charge in [-0.1, -0.05) is 6.92 Å². The van der Waals surface area contributed by atoms with Gasteiger partial charge in [-0.2, -0.15) is 0 Å². The molecule has 0 radical (unpaired) electrons. The molecule has 4 N–H and O–H groups in total. The maximum atomic E-state index is 11.5. The first-order chi connectivity index (χ1) is 9.72. The highest BCUT2D eigenvalue weighted by molar-refractivity contribution is 5.98. The van der Waals surface area contributed by atoms with Crippen molar-refractivity contribution in [1.82, 2.24) is 10.3 Å². The third kappa shape index (κ3) is 3.38. The van der Waals surface area contributed by atoms with Crippen molar-refractivity contribution in [2.45, 2.75) is 19.8 Å². The Balaban J connectivity index is 2.00. The minimum atomic E-state index is 0.0669. The topological polar surface area (TPSA) is 80.0 Å². The van der Waals surface area contributed by atoms with Gasteiger partial charge in [0.2, 0.25) is 5.91 Å². The Morgan fingerprint density at radius 2 is 2.15 bits per heavy atom. The SMILES string of the molecule is CCCNC(=O)CCNc1ccc(N)c2ncccc12. The average molecular weight is 272 g/mol. The van der Waals surface area contributed by atoms with Gasteiger partial charge in [-0.15, -0.1) is 0 Å². The lowest BCUT2D eigenvalue weighted by Gasteiger charge is -2.10. The number of pyridine rings is 1. The molecule has 1 heterocycles. The van der Waals surface area contributed by atoms with Crippen LogP contribution in [0.1, 0.15) is 19.8 Å². The van der Waals surface area contributed by atoms with Gasteiger partial charge in [-0.3, -0.25) is 9.78 Å². The van der Waals surface area contributed by atoms with Crippen LogP contribution in [0.2, 0.25) is 0 Å². The molecule has 2 aromatic rings. The number of nitrogens with one attached hydrogen (secondary N) is 2. The number of fused-ring (bicyclic) bond motifs is 1. The normalized spacial score (nSPS) is 10.4. The van der Waals surface area contributed by atoms with Gasteiger partial charge in [0.15, 0.2) is 0 Å². The number of carbonyl (C=O) groups is 1. The van der Waals surface area contributed by atoms with Gasteiger partial charge >= 0.3 is 0 Å². The number of hydrogen-bond acceptors (Lipinski definition) is 4. The Morgan fingerprint density at radius 1 is 1.30 bits per heavy atom. The molecule has 1 amide bonds. The molecule has 0 saturated heterocycles. The molecule has 0 aliphatic heterocycles.